The van der Waals surface area contributed by atoms with E-state index in [4.69, 9.17) is 4.74 Å². The fraction of sp³-hybridized carbons (Fsp3) is 0.579. The summed E-state index contributed by atoms with van der Waals surface area (Å²) in [7, 11) is 0. The Labute approximate surface area is 148 Å². The van der Waals surface area contributed by atoms with Crippen molar-refractivity contribution < 1.29 is 14.3 Å². The Morgan fingerprint density at radius 3 is 2.52 bits per heavy atom. The van der Waals surface area contributed by atoms with Gasteiger partial charge in [0.1, 0.15) is 5.75 Å². The number of anilines is 1. The molecule has 6 nitrogen and oxygen atoms in total. The van der Waals surface area contributed by atoms with E-state index in [-0.39, 0.29) is 30.1 Å². The van der Waals surface area contributed by atoms with Crippen LogP contribution in [0.2, 0.25) is 0 Å². The van der Waals surface area contributed by atoms with Gasteiger partial charge in [-0.05, 0) is 51.2 Å². The van der Waals surface area contributed by atoms with Gasteiger partial charge < -0.3 is 20.3 Å². The summed E-state index contributed by atoms with van der Waals surface area (Å²) in [5.41, 5.74) is 0.705. The number of para-hydroxylation sites is 2. The molecule has 0 saturated carbocycles. The normalized spacial score (nSPS) is 25.2. The molecule has 0 aromatic heterocycles. The second kappa shape index (κ2) is 7.76. The average Bonchev–Trinajstić information content (AvgIpc) is 2.55. The summed E-state index contributed by atoms with van der Waals surface area (Å²) in [5, 5.41) is 6.05. The Bertz CT molecular complexity index is 620. The number of piperidine rings is 2. The molecule has 2 heterocycles. The van der Waals surface area contributed by atoms with Crippen molar-refractivity contribution in [3.63, 3.8) is 0 Å². The van der Waals surface area contributed by atoms with E-state index in [9.17, 15) is 9.59 Å². The number of carbonyl (C=O) groups excluding carboxylic acids is 2. The third kappa shape index (κ3) is 4.06. The molecule has 0 aliphatic carbocycles. The molecule has 1 aromatic carbocycles. The van der Waals surface area contributed by atoms with E-state index in [0.717, 1.165) is 32.1 Å². The number of fused-ring (bicyclic) bond motifs is 2. The first-order valence-corrected chi connectivity index (χ1v) is 9.16. The van der Waals surface area contributed by atoms with E-state index >= 15 is 0 Å². The number of hydrogen-bond acceptors (Lipinski definition) is 3. The third-order valence-corrected chi connectivity index (χ3v) is 5.05. The topological polar surface area (TPSA) is 70.7 Å². The van der Waals surface area contributed by atoms with E-state index in [0.29, 0.717) is 18.0 Å². The van der Waals surface area contributed by atoms with Gasteiger partial charge in [0.2, 0.25) is 5.91 Å². The molecule has 3 amide bonds. The molecule has 0 spiro atoms. The quantitative estimate of drug-likeness (QED) is 0.881. The lowest BCUT2D eigenvalue weighted by molar-refractivity contribution is -0.120. The first kappa shape index (κ1) is 17.6. The summed E-state index contributed by atoms with van der Waals surface area (Å²) in [6.45, 7) is 4.04. The van der Waals surface area contributed by atoms with Crippen LogP contribution in [0.1, 0.15) is 46.0 Å². The van der Waals surface area contributed by atoms with Gasteiger partial charge in [0, 0.05) is 25.0 Å². The zero-order valence-electron chi connectivity index (χ0n) is 15.0. The minimum Gasteiger partial charge on any atom is -0.492 e. The molecule has 25 heavy (non-hydrogen) atoms. The maximum atomic E-state index is 12.9. The number of hydrogen-bond donors (Lipinski definition) is 2. The number of nitrogens with one attached hydrogen (secondary N) is 2. The molecular formula is C19H27N3O3. The first-order chi connectivity index (χ1) is 12.1. The van der Waals surface area contributed by atoms with Crippen molar-refractivity contribution in [1.82, 2.24) is 10.2 Å². The number of ether oxygens (including phenoxy) is 1. The summed E-state index contributed by atoms with van der Waals surface area (Å²) < 4.78 is 5.60. The highest BCUT2D eigenvalue weighted by Crippen LogP contribution is 2.35. The maximum Gasteiger partial charge on any atom is 0.322 e. The Hall–Kier alpha value is -2.24. The fourth-order valence-electron chi connectivity index (χ4n) is 4.15. The van der Waals surface area contributed by atoms with Gasteiger partial charge in [-0.2, -0.15) is 0 Å². The lowest BCUT2D eigenvalue weighted by Crippen LogP contribution is -2.59. The summed E-state index contributed by atoms with van der Waals surface area (Å²) >= 11 is 0. The zero-order valence-corrected chi connectivity index (χ0v) is 15.0. The molecule has 0 radical (unpaired) electrons. The molecule has 2 unspecified atom stereocenters. The van der Waals surface area contributed by atoms with E-state index in [1.54, 1.807) is 6.92 Å². The highest BCUT2D eigenvalue weighted by atomic mass is 16.5. The van der Waals surface area contributed by atoms with Crippen LogP contribution in [0, 0.1) is 0 Å². The molecule has 2 bridgehead atoms. The van der Waals surface area contributed by atoms with Gasteiger partial charge in [-0.3, -0.25) is 4.79 Å². The SMILES string of the molecule is CCOc1ccccc1NC(=O)N1C2CCCC1CC(NC(C)=O)C2. The van der Waals surface area contributed by atoms with E-state index < -0.39 is 0 Å². The number of benzene rings is 1. The van der Waals surface area contributed by atoms with Crippen LogP contribution in [0.4, 0.5) is 10.5 Å². The Morgan fingerprint density at radius 1 is 1.20 bits per heavy atom. The number of carbonyl (C=O) groups is 2. The summed E-state index contributed by atoms with van der Waals surface area (Å²) in [6.07, 6.45) is 4.79. The molecule has 2 N–H and O–H groups in total. The zero-order chi connectivity index (χ0) is 17.8. The van der Waals surface area contributed by atoms with E-state index in [2.05, 4.69) is 10.6 Å². The van der Waals surface area contributed by atoms with Crippen molar-refractivity contribution in [3.05, 3.63) is 24.3 Å². The van der Waals surface area contributed by atoms with Gasteiger partial charge in [0.25, 0.3) is 0 Å². The predicted octanol–water partition coefficient (Wildman–Crippen LogP) is 3.14. The lowest BCUT2D eigenvalue weighted by atomic mass is 9.82. The monoisotopic (exact) mass is 345 g/mol. The van der Waals surface area contributed by atoms with Crippen LogP contribution < -0.4 is 15.4 Å². The van der Waals surface area contributed by atoms with Crippen LogP contribution >= 0.6 is 0 Å². The Kier molecular flexibility index (Phi) is 5.46. The van der Waals surface area contributed by atoms with Crippen LogP contribution in [-0.2, 0) is 4.79 Å². The molecule has 2 saturated heterocycles. The van der Waals surface area contributed by atoms with Gasteiger partial charge >= 0.3 is 6.03 Å². The van der Waals surface area contributed by atoms with Crippen LogP contribution in [-0.4, -0.2) is 41.6 Å². The van der Waals surface area contributed by atoms with Gasteiger partial charge in [0.05, 0.1) is 12.3 Å². The largest absolute Gasteiger partial charge is 0.492 e. The molecule has 3 rings (SSSR count). The van der Waals surface area contributed by atoms with Crippen molar-refractivity contribution in [2.75, 3.05) is 11.9 Å². The minimum absolute atomic E-state index is 0.00613. The number of urea groups is 1. The standard InChI is InChI=1S/C19H27N3O3/c1-3-25-18-10-5-4-9-17(18)21-19(24)22-15-7-6-8-16(22)12-14(11-15)20-13(2)23/h4-5,9-10,14-16H,3,6-8,11-12H2,1-2H3,(H,20,23)(H,21,24). The summed E-state index contributed by atoms with van der Waals surface area (Å²) in [5.74, 6) is 0.697. The smallest absolute Gasteiger partial charge is 0.322 e. The minimum atomic E-state index is -0.0665. The van der Waals surface area contributed by atoms with Crippen molar-refractivity contribution >= 4 is 17.6 Å². The van der Waals surface area contributed by atoms with Gasteiger partial charge in [-0.25, -0.2) is 4.79 Å². The van der Waals surface area contributed by atoms with Crippen molar-refractivity contribution in [2.24, 2.45) is 0 Å². The van der Waals surface area contributed by atoms with Crippen LogP contribution in [0.15, 0.2) is 24.3 Å². The van der Waals surface area contributed by atoms with E-state index in [1.807, 2.05) is 36.1 Å². The Morgan fingerprint density at radius 2 is 1.88 bits per heavy atom. The molecule has 2 fully saturated rings. The van der Waals surface area contributed by atoms with Crippen molar-refractivity contribution in [1.29, 1.82) is 0 Å². The molecule has 2 aliphatic rings. The lowest BCUT2D eigenvalue weighted by Gasteiger charge is -2.48. The predicted molar refractivity (Wildman–Crippen MR) is 96.7 cm³/mol. The average molecular weight is 345 g/mol. The number of rotatable bonds is 4. The molecule has 136 valence electrons. The maximum absolute atomic E-state index is 12.9. The highest BCUT2D eigenvalue weighted by Gasteiger charge is 2.41. The summed E-state index contributed by atoms with van der Waals surface area (Å²) in [6, 6.07) is 7.99. The Balaban J connectivity index is 1.71. The van der Waals surface area contributed by atoms with Crippen LogP contribution in [0.3, 0.4) is 0 Å². The molecule has 2 atom stereocenters. The van der Waals surface area contributed by atoms with Crippen molar-refractivity contribution in [3.8, 4) is 5.75 Å². The van der Waals surface area contributed by atoms with Gasteiger partial charge in [0.15, 0.2) is 0 Å². The van der Waals surface area contributed by atoms with E-state index in [1.165, 1.54) is 0 Å². The van der Waals surface area contributed by atoms with Gasteiger partial charge in [-0.15, -0.1) is 0 Å². The molecule has 2 aliphatic heterocycles. The van der Waals surface area contributed by atoms with Crippen LogP contribution in [0.5, 0.6) is 5.75 Å². The molecule has 6 heteroatoms. The third-order valence-electron chi connectivity index (χ3n) is 5.05. The highest BCUT2D eigenvalue weighted by molar-refractivity contribution is 5.91. The molecular weight excluding hydrogens is 318 g/mol. The summed E-state index contributed by atoms with van der Waals surface area (Å²) in [4.78, 5) is 26.3. The number of amides is 3. The first-order valence-electron chi connectivity index (χ1n) is 9.16. The fourth-order valence-corrected chi connectivity index (χ4v) is 4.15. The van der Waals surface area contributed by atoms with Gasteiger partial charge in [-0.1, -0.05) is 12.1 Å². The van der Waals surface area contributed by atoms with Crippen molar-refractivity contribution in [2.45, 2.75) is 64.1 Å². The second-order valence-electron chi connectivity index (χ2n) is 6.87. The number of nitrogens with zero attached hydrogens (tertiary/aromatic N) is 1. The molecule has 1 aromatic rings. The second-order valence-corrected chi connectivity index (χ2v) is 6.87. The van der Waals surface area contributed by atoms with Crippen LogP contribution in [0.25, 0.3) is 0 Å².